The van der Waals surface area contributed by atoms with Crippen LogP contribution in [-0.4, -0.2) is 19.3 Å². The molecule has 1 nitrogen and oxygen atoms in total. The van der Waals surface area contributed by atoms with Gasteiger partial charge in [0.15, 0.2) is 0 Å². The molecule has 4 heteroatoms. The first kappa shape index (κ1) is 17.1. The van der Waals surface area contributed by atoms with Crippen molar-refractivity contribution in [2.24, 2.45) is 23.7 Å². The van der Waals surface area contributed by atoms with E-state index in [1.165, 1.54) is 19.3 Å². The maximum Gasteiger partial charge on any atom is 0.392 e. The molecule has 2 aliphatic rings. The van der Waals surface area contributed by atoms with Gasteiger partial charge in [0.25, 0.3) is 0 Å². The maximum atomic E-state index is 13.4. The summed E-state index contributed by atoms with van der Waals surface area (Å²) in [6.45, 7) is 2.21. The van der Waals surface area contributed by atoms with Crippen LogP contribution in [0.1, 0.15) is 64.7 Å². The van der Waals surface area contributed by atoms with Gasteiger partial charge in [-0.2, -0.15) is 13.2 Å². The van der Waals surface area contributed by atoms with Crippen LogP contribution >= 0.6 is 0 Å². The van der Waals surface area contributed by atoms with Gasteiger partial charge in [-0.3, -0.25) is 0 Å². The van der Waals surface area contributed by atoms with Gasteiger partial charge in [0.2, 0.25) is 0 Å². The first-order valence-electron chi connectivity index (χ1n) is 8.71. The molecular formula is C17H30F3N. The zero-order valence-corrected chi connectivity index (χ0v) is 13.4. The minimum Gasteiger partial charge on any atom is -0.316 e. The summed E-state index contributed by atoms with van der Waals surface area (Å²) in [6, 6.07) is 0.0475. The third-order valence-electron chi connectivity index (χ3n) is 5.94. The van der Waals surface area contributed by atoms with E-state index >= 15 is 0 Å². The summed E-state index contributed by atoms with van der Waals surface area (Å²) in [6.07, 6.45) is 4.56. The van der Waals surface area contributed by atoms with Gasteiger partial charge < -0.3 is 5.32 Å². The molecule has 0 spiro atoms. The molecule has 0 aromatic carbocycles. The fraction of sp³-hybridized carbons (Fsp3) is 1.00. The molecule has 5 atom stereocenters. The second kappa shape index (κ2) is 7.34. The molecule has 0 amide bonds. The van der Waals surface area contributed by atoms with Crippen molar-refractivity contribution in [3.8, 4) is 0 Å². The molecule has 2 fully saturated rings. The van der Waals surface area contributed by atoms with Crippen molar-refractivity contribution in [2.75, 3.05) is 7.05 Å². The second-order valence-electron chi connectivity index (χ2n) is 7.11. The Morgan fingerprint density at radius 2 is 1.76 bits per heavy atom. The summed E-state index contributed by atoms with van der Waals surface area (Å²) in [7, 11) is 1.86. The van der Waals surface area contributed by atoms with E-state index in [1.54, 1.807) is 0 Å². The Balaban J connectivity index is 2.10. The number of halogens is 3. The molecular weight excluding hydrogens is 275 g/mol. The van der Waals surface area contributed by atoms with Crippen molar-refractivity contribution < 1.29 is 13.2 Å². The van der Waals surface area contributed by atoms with Crippen molar-refractivity contribution in [3.63, 3.8) is 0 Å². The summed E-state index contributed by atoms with van der Waals surface area (Å²) < 4.78 is 40.1. The fourth-order valence-electron chi connectivity index (χ4n) is 4.82. The fourth-order valence-corrected chi connectivity index (χ4v) is 4.82. The normalized spacial score (nSPS) is 36.4. The molecule has 0 aliphatic heterocycles. The molecule has 2 rings (SSSR count). The minimum absolute atomic E-state index is 0.0475. The Morgan fingerprint density at radius 3 is 2.38 bits per heavy atom. The van der Waals surface area contributed by atoms with E-state index in [2.05, 4.69) is 12.2 Å². The number of rotatable bonds is 4. The van der Waals surface area contributed by atoms with E-state index in [1.807, 2.05) is 7.05 Å². The lowest BCUT2D eigenvalue weighted by Crippen LogP contribution is -2.49. The van der Waals surface area contributed by atoms with Crippen molar-refractivity contribution in [3.05, 3.63) is 0 Å². The second-order valence-corrected chi connectivity index (χ2v) is 7.11. The summed E-state index contributed by atoms with van der Waals surface area (Å²) in [4.78, 5) is 0. The van der Waals surface area contributed by atoms with Crippen LogP contribution in [0.5, 0.6) is 0 Å². The van der Waals surface area contributed by atoms with E-state index in [4.69, 9.17) is 0 Å². The van der Waals surface area contributed by atoms with Crippen LogP contribution < -0.4 is 5.32 Å². The van der Waals surface area contributed by atoms with Gasteiger partial charge in [0.1, 0.15) is 0 Å². The van der Waals surface area contributed by atoms with Crippen LogP contribution in [-0.2, 0) is 0 Å². The lowest BCUT2D eigenvalue weighted by molar-refractivity contribution is -0.201. The molecule has 1 N–H and O–H groups in total. The smallest absolute Gasteiger partial charge is 0.316 e. The Bertz CT molecular complexity index is 316. The van der Waals surface area contributed by atoms with Crippen LogP contribution in [0, 0.1) is 23.7 Å². The van der Waals surface area contributed by atoms with Crippen LogP contribution in [0.3, 0.4) is 0 Å². The zero-order valence-electron chi connectivity index (χ0n) is 13.4. The molecule has 21 heavy (non-hydrogen) atoms. The van der Waals surface area contributed by atoms with Crippen LogP contribution in [0.4, 0.5) is 13.2 Å². The third kappa shape index (κ3) is 4.14. The Hall–Kier alpha value is -0.250. The predicted octanol–water partition coefficient (Wildman–Crippen LogP) is 5.16. The Morgan fingerprint density at radius 1 is 1.05 bits per heavy atom. The van der Waals surface area contributed by atoms with Crippen LogP contribution in [0.2, 0.25) is 0 Å². The zero-order chi connectivity index (χ0) is 15.5. The van der Waals surface area contributed by atoms with Gasteiger partial charge in [0.05, 0.1) is 5.92 Å². The average Bonchev–Trinajstić information content (AvgIpc) is 2.48. The van der Waals surface area contributed by atoms with E-state index in [0.29, 0.717) is 18.3 Å². The molecule has 2 aliphatic carbocycles. The molecule has 0 aromatic rings. The number of alkyl halides is 3. The van der Waals surface area contributed by atoms with Crippen LogP contribution in [0.15, 0.2) is 0 Å². The molecule has 0 heterocycles. The van der Waals surface area contributed by atoms with Gasteiger partial charge in [-0.05, 0) is 50.5 Å². The van der Waals surface area contributed by atoms with Crippen molar-refractivity contribution in [1.82, 2.24) is 5.32 Å². The molecule has 0 bridgehead atoms. The molecule has 0 saturated heterocycles. The van der Waals surface area contributed by atoms with Crippen molar-refractivity contribution in [2.45, 2.75) is 76.9 Å². The van der Waals surface area contributed by atoms with Gasteiger partial charge in [-0.15, -0.1) is 0 Å². The maximum absolute atomic E-state index is 13.4. The lowest BCUT2D eigenvalue weighted by atomic mass is 9.67. The molecule has 0 radical (unpaired) electrons. The summed E-state index contributed by atoms with van der Waals surface area (Å²) >= 11 is 0. The Kier molecular flexibility index (Phi) is 5.98. The third-order valence-corrected chi connectivity index (χ3v) is 5.94. The minimum atomic E-state index is -4.03. The van der Waals surface area contributed by atoms with Crippen molar-refractivity contribution in [1.29, 1.82) is 0 Å². The highest BCUT2D eigenvalue weighted by atomic mass is 19.4. The van der Waals surface area contributed by atoms with E-state index in [9.17, 15) is 13.2 Å². The van der Waals surface area contributed by atoms with Gasteiger partial charge >= 0.3 is 6.18 Å². The Labute approximate surface area is 127 Å². The standard InChI is InChI=1S/C17H30F3N/c1-3-12-7-6-8-13(11-12)16(21-2)14-9-4-5-10-15(14)17(18,19)20/h12-16,21H,3-11H2,1-2H3. The van der Waals surface area contributed by atoms with Gasteiger partial charge in [0, 0.05) is 6.04 Å². The first-order chi connectivity index (χ1) is 9.97. The largest absolute Gasteiger partial charge is 0.392 e. The van der Waals surface area contributed by atoms with Gasteiger partial charge in [-0.25, -0.2) is 0 Å². The summed E-state index contributed by atoms with van der Waals surface area (Å²) in [5, 5.41) is 3.29. The highest BCUT2D eigenvalue weighted by molar-refractivity contribution is 4.93. The van der Waals surface area contributed by atoms with E-state index in [0.717, 1.165) is 32.1 Å². The van der Waals surface area contributed by atoms with E-state index < -0.39 is 12.1 Å². The monoisotopic (exact) mass is 305 g/mol. The summed E-state index contributed by atoms with van der Waals surface area (Å²) in [5.41, 5.74) is 0. The highest BCUT2D eigenvalue weighted by Crippen LogP contribution is 2.46. The SMILES string of the molecule is CCC1CCCC(C(NC)C2CCCCC2C(F)(F)F)C1. The highest BCUT2D eigenvalue weighted by Gasteiger charge is 2.49. The van der Waals surface area contributed by atoms with Gasteiger partial charge in [-0.1, -0.05) is 39.0 Å². The first-order valence-corrected chi connectivity index (χ1v) is 8.71. The number of hydrogen-bond acceptors (Lipinski definition) is 1. The molecule has 5 unspecified atom stereocenters. The summed E-state index contributed by atoms with van der Waals surface area (Å²) in [5.74, 6) is -0.163. The molecule has 2 saturated carbocycles. The number of hydrogen-bond donors (Lipinski definition) is 1. The lowest BCUT2D eigenvalue weighted by Gasteiger charge is -2.43. The molecule has 124 valence electrons. The molecule has 0 aromatic heterocycles. The number of nitrogens with one attached hydrogen (secondary N) is 1. The van der Waals surface area contributed by atoms with Crippen LogP contribution in [0.25, 0.3) is 0 Å². The van der Waals surface area contributed by atoms with E-state index in [-0.39, 0.29) is 12.0 Å². The average molecular weight is 305 g/mol. The topological polar surface area (TPSA) is 12.0 Å². The predicted molar refractivity (Wildman–Crippen MR) is 80.1 cm³/mol. The van der Waals surface area contributed by atoms with Crippen molar-refractivity contribution >= 4 is 0 Å². The quantitative estimate of drug-likeness (QED) is 0.756.